The van der Waals surface area contributed by atoms with Crippen molar-refractivity contribution < 1.29 is 9.59 Å². The van der Waals surface area contributed by atoms with Gasteiger partial charge in [0.15, 0.2) is 0 Å². The molecule has 0 radical (unpaired) electrons. The highest BCUT2D eigenvalue weighted by Gasteiger charge is 2.09. The molecule has 0 aliphatic rings. The second-order valence-corrected chi connectivity index (χ2v) is 6.59. The molecular formula is C14H16N2O2S2. The first-order valence-corrected chi connectivity index (χ1v) is 7.98. The molecule has 0 aromatic carbocycles. The zero-order chi connectivity index (χ0) is 14.4. The van der Waals surface area contributed by atoms with Crippen LogP contribution >= 0.6 is 22.7 Å². The van der Waals surface area contributed by atoms with E-state index in [0.717, 1.165) is 11.3 Å². The number of rotatable bonds is 6. The molecule has 2 rings (SSSR count). The van der Waals surface area contributed by atoms with E-state index in [-0.39, 0.29) is 18.4 Å². The van der Waals surface area contributed by atoms with Gasteiger partial charge in [-0.3, -0.25) is 9.59 Å². The molecule has 2 N–H and O–H groups in total. The average molecular weight is 308 g/mol. The fourth-order valence-corrected chi connectivity index (χ4v) is 3.14. The van der Waals surface area contributed by atoms with Gasteiger partial charge in [-0.15, -0.1) is 22.7 Å². The van der Waals surface area contributed by atoms with Crippen LogP contribution in [0.15, 0.2) is 29.6 Å². The van der Waals surface area contributed by atoms with E-state index >= 15 is 0 Å². The molecule has 0 aliphatic heterocycles. The molecule has 2 heterocycles. The summed E-state index contributed by atoms with van der Waals surface area (Å²) in [6, 6.07) is 7.69. The second-order valence-electron chi connectivity index (χ2n) is 4.27. The largest absolute Gasteiger partial charge is 0.354 e. The highest BCUT2D eigenvalue weighted by atomic mass is 32.1. The lowest BCUT2D eigenvalue weighted by molar-refractivity contribution is -0.120. The molecule has 0 saturated heterocycles. The summed E-state index contributed by atoms with van der Waals surface area (Å²) in [5.41, 5.74) is 0. The van der Waals surface area contributed by atoms with Crippen molar-refractivity contribution in [2.45, 2.75) is 13.3 Å². The number of aryl methyl sites for hydroxylation is 1. The first kappa shape index (κ1) is 14.7. The van der Waals surface area contributed by atoms with Gasteiger partial charge in [0.2, 0.25) is 5.91 Å². The topological polar surface area (TPSA) is 58.2 Å². The summed E-state index contributed by atoms with van der Waals surface area (Å²) in [5, 5.41) is 7.42. The molecule has 0 bridgehead atoms. The molecule has 106 valence electrons. The van der Waals surface area contributed by atoms with Gasteiger partial charge in [0, 0.05) is 16.3 Å². The van der Waals surface area contributed by atoms with Crippen molar-refractivity contribution in [3.05, 3.63) is 44.3 Å². The van der Waals surface area contributed by atoms with Gasteiger partial charge in [-0.1, -0.05) is 6.07 Å². The van der Waals surface area contributed by atoms with Crippen LogP contribution in [0.1, 0.15) is 19.4 Å². The van der Waals surface area contributed by atoms with E-state index in [1.54, 1.807) is 17.4 Å². The van der Waals surface area contributed by atoms with E-state index in [1.165, 1.54) is 16.2 Å². The monoisotopic (exact) mass is 308 g/mol. The standard InChI is InChI=1S/C14H16N2O2S2/c1-10-4-5-12(20-10)14(18)16-9-13(17)15-7-6-11-3-2-8-19-11/h2-5,8H,6-7,9H2,1H3,(H,15,17)(H,16,18). The molecule has 6 heteroatoms. The summed E-state index contributed by atoms with van der Waals surface area (Å²) < 4.78 is 0. The molecule has 2 aromatic heterocycles. The Labute approximate surface area is 125 Å². The Morgan fingerprint density at radius 3 is 2.70 bits per heavy atom. The molecule has 0 unspecified atom stereocenters. The molecule has 0 saturated carbocycles. The van der Waals surface area contributed by atoms with Crippen LogP contribution in [0.4, 0.5) is 0 Å². The lowest BCUT2D eigenvalue weighted by Crippen LogP contribution is -2.37. The van der Waals surface area contributed by atoms with Crippen molar-refractivity contribution in [3.8, 4) is 0 Å². The van der Waals surface area contributed by atoms with Crippen molar-refractivity contribution >= 4 is 34.5 Å². The Kier molecular flexibility index (Phi) is 5.31. The predicted molar refractivity (Wildman–Crippen MR) is 82.4 cm³/mol. The Morgan fingerprint density at radius 2 is 2.05 bits per heavy atom. The van der Waals surface area contributed by atoms with E-state index in [1.807, 2.05) is 30.5 Å². The predicted octanol–water partition coefficient (Wildman–Crippen LogP) is 2.21. The molecule has 0 fully saturated rings. The van der Waals surface area contributed by atoms with E-state index in [9.17, 15) is 9.59 Å². The van der Waals surface area contributed by atoms with Gasteiger partial charge < -0.3 is 10.6 Å². The van der Waals surface area contributed by atoms with Crippen LogP contribution in [0.5, 0.6) is 0 Å². The van der Waals surface area contributed by atoms with Crippen LogP contribution in [-0.2, 0) is 11.2 Å². The third kappa shape index (κ3) is 4.47. The summed E-state index contributed by atoms with van der Waals surface area (Å²) >= 11 is 3.09. The summed E-state index contributed by atoms with van der Waals surface area (Å²) in [5.74, 6) is -0.361. The Bertz CT molecular complexity index is 576. The van der Waals surface area contributed by atoms with Crippen LogP contribution in [-0.4, -0.2) is 24.9 Å². The number of carbonyl (C=O) groups excluding carboxylic acids is 2. The molecule has 4 nitrogen and oxygen atoms in total. The first-order valence-electron chi connectivity index (χ1n) is 6.29. The summed E-state index contributed by atoms with van der Waals surface area (Å²) in [6.07, 6.45) is 0.821. The Hall–Kier alpha value is -1.66. The van der Waals surface area contributed by atoms with Crippen molar-refractivity contribution in [1.29, 1.82) is 0 Å². The minimum absolute atomic E-state index is 0.0141. The van der Waals surface area contributed by atoms with Gasteiger partial charge >= 0.3 is 0 Å². The van der Waals surface area contributed by atoms with E-state index < -0.39 is 0 Å². The number of thiophene rings is 2. The maximum absolute atomic E-state index is 11.7. The molecule has 2 aromatic rings. The third-order valence-electron chi connectivity index (χ3n) is 2.65. The fraction of sp³-hybridized carbons (Fsp3) is 0.286. The SMILES string of the molecule is Cc1ccc(C(=O)NCC(=O)NCCc2cccs2)s1. The van der Waals surface area contributed by atoms with E-state index in [0.29, 0.717) is 11.4 Å². The van der Waals surface area contributed by atoms with Crippen molar-refractivity contribution in [1.82, 2.24) is 10.6 Å². The molecule has 20 heavy (non-hydrogen) atoms. The Balaban J connectivity index is 1.66. The first-order chi connectivity index (χ1) is 9.65. The molecule has 0 aliphatic carbocycles. The van der Waals surface area contributed by atoms with Crippen LogP contribution in [0.2, 0.25) is 0 Å². The number of nitrogens with one attached hydrogen (secondary N) is 2. The lowest BCUT2D eigenvalue weighted by atomic mass is 10.3. The summed E-state index contributed by atoms with van der Waals surface area (Å²) in [4.78, 5) is 26.3. The molecule has 0 atom stereocenters. The summed E-state index contributed by atoms with van der Waals surface area (Å²) in [6.45, 7) is 2.55. The van der Waals surface area contributed by atoms with Crippen LogP contribution < -0.4 is 10.6 Å². The highest BCUT2D eigenvalue weighted by Crippen LogP contribution is 2.14. The van der Waals surface area contributed by atoms with Gasteiger partial charge in [0.25, 0.3) is 5.91 Å². The normalized spacial score (nSPS) is 10.2. The van der Waals surface area contributed by atoms with Gasteiger partial charge in [-0.2, -0.15) is 0 Å². The number of hydrogen-bond donors (Lipinski definition) is 2. The van der Waals surface area contributed by atoms with E-state index in [4.69, 9.17) is 0 Å². The van der Waals surface area contributed by atoms with Crippen LogP contribution in [0.3, 0.4) is 0 Å². The maximum Gasteiger partial charge on any atom is 0.261 e. The van der Waals surface area contributed by atoms with E-state index in [2.05, 4.69) is 10.6 Å². The Morgan fingerprint density at radius 1 is 1.20 bits per heavy atom. The number of amides is 2. The summed E-state index contributed by atoms with van der Waals surface area (Å²) in [7, 11) is 0. The van der Waals surface area contributed by atoms with Gasteiger partial charge in [-0.25, -0.2) is 0 Å². The minimum atomic E-state index is -0.198. The van der Waals surface area contributed by atoms with Gasteiger partial charge in [0.05, 0.1) is 11.4 Å². The van der Waals surface area contributed by atoms with Crippen LogP contribution in [0.25, 0.3) is 0 Å². The zero-order valence-electron chi connectivity index (χ0n) is 11.1. The third-order valence-corrected chi connectivity index (χ3v) is 4.58. The van der Waals surface area contributed by atoms with Crippen molar-refractivity contribution in [2.75, 3.05) is 13.1 Å². The lowest BCUT2D eigenvalue weighted by Gasteiger charge is -2.05. The highest BCUT2D eigenvalue weighted by molar-refractivity contribution is 7.13. The smallest absolute Gasteiger partial charge is 0.261 e. The second kappa shape index (κ2) is 7.21. The minimum Gasteiger partial charge on any atom is -0.354 e. The average Bonchev–Trinajstić information content (AvgIpc) is 3.07. The molecule has 0 spiro atoms. The zero-order valence-corrected chi connectivity index (χ0v) is 12.8. The molecule has 2 amide bonds. The molecular weight excluding hydrogens is 292 g/mol. The number of hydrogen-bond acceptors (Lipinski definition) is 4. The van der Waals surface area contributed by atoms with Gasteiger partial charge in [0.1, 0.15) is 0 Å². The quantitative estimate of drug-likeness (QED) is 0.859. The van der Waals surface area contributed by atoms with Crippen LogP contribution in [0, 0.1) is 6.92 Å². The van der Waals surface area contributed by atoms with Crippen molar-refractivity contribution in [3.63, 3.8) is 0 Å². The maximum atomic E-state index is 11.7. The van der Waals surface area contributed by atoms with Gasteiger partial charge in [-0.05, 0) is 36.9 Å². The van der Waals surface area contributed by atoms with Crippen molar-refractivity contribution in [2.24, 2.45) is 0 Å². The fourth-order valence-electron chi connectivity index (χ4n) is 1.65. The number of carbonyl (C=O) groups is 2.